The number of fused-ring (bicyclic) bond motifs is 1. The molecule has 12 heteroatoms. The maximum atomic E-state index is 12.4. The number of unbranched alkanes of at least 4 members (excludes halogenated alkanes) is 8. The van der Waals surface area contributed by atoms with Crippen LogP contribution in [0, 0.1) is 5.92 Å². The van der Waals surface area contributed by atoms with Gasteiger partial charge in [-0.15, -0.1) is 0 Å². The highest BCUT2D eigenvalue weighted by Crippen LogP contribution is 2.12. The minimum Gasteiger partial charge on any atom is -0.463 e. The van der Waals surface area contributed by atoms with Crippen LogP contribution in [0.3, 0.4) is 0 Å². The fraction of sp³-hybridized carbons (Fsp3) is 0.741. The van der Waals surface area contributed by atoms with Crippen LogP contribution < -0.4 is 17.0 Å². The van der Waals surface area contributed by atoms with Crippen molar-refractivity contribution >= 4 is 29.1 Å². The molecule has 3 atom stereocenters. The Labute approximate surface area is 230 Å². The van der Waals surface area contributed by atoms with E-state index in [0.717, 1.165) is 25.7 Å². The number of aromatic nitrogens is 4. The molecule has 0 amide bonds. The third-order valence-corrected chi connectivity index (χ3v) is 6.80. The fourth-order valence-corrected chi connectivity index (χ4v) is 3.99. The Hall–Kier alpha value is -2.99. The number of H-pyrrole nitrogens is 1. The first-order chi connectivity index (χ1) is 18.8. The summed E-state index contributed by atoms with van der Waals surface area (Å²) in [4.78, 5) is 47.3. The first-order valence-electron chi connectivity index (χ1n) is 14.2. The molecule has 0 fully saturated rings. The standard InChI is InChI=1S/C27H46N6O6/c1-4-6-7-8-9-10-11-12-13-14-21(34)37-15-20(16-38-26(36)22(28)19(3)5-2)39-18-33-17-30-23-24(33)31-27(29)32-25(23)35/h17,19-20,22H,4-16,18,28H2,1-3H3,(H3,29,31,32,35)/t19-,20?,22-/m0/s1. The second-order valence-corrected chi connectivity index (χ2v) is 10.1. The smallest absolute Gasteiger partial charge is 0.323 e. The lowest BCUT2D eigenvalue weighted by molar-refractivity contribution is -0.159. The molecule has 0 saturated carbocycles. The van der Waals surface area contributed by atoms with Crippen LogP contribution >= 0.6 is 0 Å². The minimum atomic E-state index is -0.763. The van der Waals surface area contributed by atoms with Crippen molar-refractivity contribution in [3.8, 4) is 0 Å². The normalized spacial score (nSPS) is 13.7. The monoisotopic (exact) mass is 550 g/mol. The third-order valence-electron chi connectivity index (χ3n) is 6.80. The number of hydrogen-bond donors (Lipinski definition) is 3. The van der Waals surface area contributed by atoms with Gasteiger partial charge in [-0.2, -0.15) is 4.98 Å². The van der Waals surface area contributed by atoms with Crippen molar-refractivity contribution in [1.82, 2.24) is 19.5 Å². The van der Waals surface area contributed by atoms with Gasteiger partial charge >= 0.3 is 11.9 Å². The number of aromatic amines is 1. The van der Waals surface area contributed by atoms with E-state index < -0.39 is 23.7 Å². The Balaban J connectivity index is 1.86. The van der Waals surface area contributed by atoms with E-state index in [0.29, 0.717) is 6.42 Å². The van der Waals surface area contributed by atoms with Crippen LogP contribution in [0.2, 0.25) is 0 Å². The van der Waals surface area contributed by atoms with Crippen molar-refractivity contribution in [1.29, 1.82) is 0 Å². The highest BCUT2D eigenvalue weighted by Gasteiger charge is 2.23. The number of anilines is 1. The molecule has 12 nitrogen and oxygen atoms in total. The van der Waals surface area contributed by atoms with E-state index in [-0.39, 0.29) is 48.9 Å². The number of nitrogens with two attached hydrogens (primary N) is 2. The highest BCUT2D eigenvalue weighted by molar-refractivity contribution is 5.75. The average molecular weight is 551 g/mol. The molecule has 0 bridgehead atoms. The lowest BCUT2D eigenvalue weighted by atomic mass is 10.0. The number of nitrogens with one attached hydrogen (secondary N) is 1. The Morgan fingerprint density at radius 1 is 1.03 bits per heavy atom. The van der Waals surface area contributed by atoms with Crippen LogP contribution in [0.4, 0.5) is 5.95 Å². The zero-order valence-electron chi connectivity index (χ0n) is 23.7. The zero-order chi connectivity index (χ0) is 28.6. The summed E-state index contributed by atoms with van der Waals surface area (Å²) in [7, 11) is 0. The molecule has 5 N–H and O–H groups in total. The largest absolute Gasteiger partial charge is 0.463 e. The van der Waals surface area contributed by atoms with Crippen LogP contribution in [-0.2, 0) is 30.5 Å². The summed E-state index contributed by atoms with van der Waals surface area (Å²) in [5.41, 5.74) is 11.5. The van der Waals surface area contributed by atoms with Gasteiger partial charge in [0.25, 0.3) is 5.56 Å². The molecule has 2 aromatic heterocycles. The SMILES string of the molecule is CCCCCCCCCCCC(=O)OCC(COC(=O)[C@@H](N)[C@@H](C)CC)OCn1cnc2c(=O)[nH]c(N)nc21. The summed E-state index contributed by atoms with van der Waals surface area (Å²) < 4.78 is 18.2. The van der Waals surface area contributed by atoms with Gasteiger partial charge < -0.3 is 25.7 Å². The summed E-state index contributed by atoms with van der Waals surface area (Å²) in [6, 6.07) is -0.763. The molecule has 0 aliphatic heterocycles. The van der Waals surface area contributed by atoms with Crippen LogP contribution in [0.1, 0.15) is 91.4 Å². The molecule has 1 unspecified atom stereocenters. The number of hydrogen-bond acceptors (Lipinski definition) is 10. The van der Waals surface area contributed by atoms with E-state index in [1.807, 2.05) is 13.8 Å². The second kappa shape index (κ2) is 17.6. The van der Waals surface area contributed by atoms with E-state index in [2.05, 4.69) is 21.9 Å². The van der Waals surface area contributed by atoms with Gasteiger partial charge in [-0.1, -0.05) is 78.6 Å². The average Bonchev–Trinajstić information content (AvgIpc) is 3.33. The van der Waals surface area contributed by atoms with Gasteiger partial charge in [0.2, 0.25) is 5.95 Å². The molecule has 0 saturated heterocycles. The second-order valence-electron chi connectivity index (χ2n) is 10.1. The quantitative estimate of drug-likeness (QED) is 0.163. The topological polar surface area (TPSA) is 177 Å². The van der Waals surface area contributed by atoms with Crippen molar-refractivity contribution in [2.75, 3.05) is 18.9 Å². The number of ether oxygens (including phenoxy) is 3. The molecule has 2 aromatic rings. The first-order valence-corrected chi connectivity index (χ1v) is 14.2. The molecule has 0 aliphatic rings. The molecular formula is C27H46N6O6. The summed E-state index contributed by atoms with van der Waals surface area (Å²) >= 11 is 0. The van der Waals surface area contributed by atoms with Crippen molar-refractivity contribution < 1.29 is 23.8 Å². The van der Waals surface area contributed by atoms with E-state index in [1.54, 1.807) is 0 Å². The lowest BCUT2D eigenvalue weighted by Gasteiger charge is -2.21. The van der Waals surface area contributed by atoms with Crippen LogP contribution in [0.15, 0.2) is 11.1 Å². The predicted molar refractivity (Wildman–Crippen MR) is 149 cm³/mol. The Morgan fingerprint density at radius 2 is 1.67 bits per heavy atom. The number of rotatable bonds is 20. The Morgan fingerprint density at radius 3 is 2.33 bits per heavy atom. The van der Waals surface area contributed by atoms with E-state index in [4.69, 9.17) is 25.7 Å². The zero-order valence-corrected chi connectivity index (χ0v) is 23.7. The Kier molecular flexibility index (Phi) is 14.5. The summed E-state index contributed by atoms with van der Waals surface area (Å²) in [6.45, 7) is 5.68. The van der Waals surface area contributed by atoms with E-state index >= 15 is 0 Å². The van der Waals surface area contributed by atoms with Gasteiger partial charge in [0.1, 0.15) is 32.1 Å². The molecule has 2 rings (SSSR count). The maximum absolute atomic E-state index is 12.4. The molecule has 2 heterocycles. The number of carbonyl (C=O) groups is 2. The highest BCUT2D eigenvalue weighted by atomic mass is 16.6. The van der Waals surface area contributed by atoms with Crippen molar-refractivity contribution in [2.24, 2.45) is 11.7 Å². The lowest BCUT2D eigenvalue weighted by Crippen LogP contribution is -2.40. The predicted octanol–water partition coefficient (Wildman–Crippen LogP) is 3.43. The number of nitrogens with zero attached hydrogens (tertiary/aromatic N) is 3. The van der Waals surface area contributed by atoms with Gasteiger partial charge in [0.05, 0.1) is 6.33 Å². The summed E-state index contributed by atoms with van der Waals surface area (Å²) in [5.74, 6) is -0.974. The number of carbonyl (C=O) groups excluding carboxylic acids is 2. The summed E-state index contributed by atoms with van der Waals surface area (Å²) in [6.07, 6.45) is 12.1. The molecule has 0 aliphatic carbocycles. The maximum Gasteiger partial charge on any atom is 0.323 e. The summed E-state index contributed by atoms with van der Waals surface area (Å²) in [5, 5.41) is 0. The van der Waals surface area contributed by atoms with Crippen LogP contribution in [-0.4, -0.2) is 56.8 Å². The van der Waals surface area contributed by atoms with Crippen molar-refractivity contribution in [3.63, 3.8) is 0 Å². The first kappa shape index (κ1) is 32.2. The number of esters is 2. The molecular weight excluding hydrogens is 504 g/mol. The minimum absolute atomic E-state index is 0.0435. The van der Waals surface area contributed by atoms with Crippen molar-refractivity contribution in [3.05, 3.63) is 16.7 Å². The van der Waals surface area contributed by atoms with Gasteiger partial charge in [-0.3, -0.25) is 23.9 Å². The molecule has 0 spiro atoms. The fourth-order valence-electron chi connectivity index (χ4n) is 3.99. The van der Waals surface area contributed by atoms with Gasteiger partial charge in [-0.05, 0) is 12.3 Å². The van der Waals surface area contributed by atoms with E-state index in [9.17, 15) is 14.4 Å². The van der Waals surface area contributed by atoms with Crippen LogP contribution in [0.25, 0.3) is 11.2 Å². The third kappa shape index (κ3) is 11.3. The number of imidazole rings is 1. The number of nitrogen functional groups attached to an aromatic ring is 1. The van der Waals surface area contributed by atoms with Gasteiger partial charge in [-0.25, -0.2) is 4.98 Å². The molecule has 220 valence electrons. The van der Waals surface area contributed by atoms with Gasteiger partial charge in [0, 0.05) is 6.42 Å². The van der Waals surface area contributed by atoms with Crippen molar-refractivity contribution in [2.45, 2.75) is 110 Å². The molecule has 39 heavy (non-hydrogen) atoms. The molecule has 0 radical (unpaired) electrons. The molecule has 0 aromatic carbocycles. The van der Waals surface area contributed by atoms with Gasteiger partial charge in [0.15, 0.2) is 11.2 Å². The van der Waals surface area contributed by atoms with Crippen LogP contribution in [0.5, 0.6) is 0 Å². The Bertz CT molecular complexity index is 1070. The van der Waals surface area contributed by atoms with E-state index in [1.165, 1.54) is 49.4 Å².